The maximum atomic E-state index is 14.8. The van der Waals surface area contributed by atoms with E-state index in [1.165, 1.54) is 9.80 Å². The predicted octanol–water partition coefficient (Wildman–Crippen LogP) is 1.93. The van der Waals surface area contributed by atoms with Crippen LogP contribution in [0.3, 0.4) is 0 Å². The van der Waals surface area contributed by atoms with Crippen LogP contribution in [0.4, 0.5) is 0 Å². The summed E-state index contributed by atoms with van der Waals surface area (Å²) >= 11 is 0. The van der Waals surface area contributed by atoms with Crippen molar-refractivity contribution in [1.82, 2.24) is 52.3 Å². The monoisotopic (exact) mass is 1100 g/mol. The highest BCUT2D eigenvalue weighted by Gasteiger charge is 2.49. The normalized spacial score (nSPS) is 20.9. The molecular weight excluding hydrogens is 1020 g/mol. The molecule has 10 atom stereocenters. The molecule has 10 N–H and O–H groups in total. The van der Waals surface area contributed by atoms with Crippen molar-refractivity contribution in [3.05, 3.63) is 119 Å². The van der Waals surface area contributed by atoms with Crippen LogP contribution in [-0.2, 0) is 38.4 Å². The third-order valence-corrected chi connectivity index (χ3v) is 16.0. The Morgan fingerprint density at radius 3 is 1.02 bits per heavy atom. The van der Waals surface area contributed by atoms with Crippen LogP contribution in [0.2, 0.25) is 0 Å². The van der Waals surface area contributed by atoms with Gasteiger partial charge in [-0.1, -0.05) is 139 Å². The van der Waals surface area contributed by atoms with Crippen molar-refractivity contribution in [3.63, 3.8) is 0 Å². The molecule has 4 aliphatic rings. The quantitative estimate of drug-likeness (QED) is 0.0727. The Labute approximate surface area is 467 Å². The van der Waals surface area contributed by atoms with Crippen molar-refractivity contribution in [2.45, 2.75) is 141 Å². The molecule has 2 unspecified atom stereocenters. The molecule has 8 rings (SSSR count). The summed E-state index contributed by atoms with van der Waals surface area (Å²) in [6.45, 7) is 13.5. The minimum atomic E-state index is -2.36. The van der Waals surface area contributed by atoms with E-state index in [4.69, 9.17) is 0 Å². The van der Waals surface area contributed by atoms with Crippen molar-refractivity contribution >= 4 is 47.3 Å². The van der Waals surface area contributed by atoms with Crippen LogP contribution in [0.25, 0.3) is 22.3 Å². The number of likely N-dealkylation sites (N-methyl/N-ethyl adjacent to an activating group) is 2. The lowest BCUT2D eigenvalue weighted by Crippen LogP contribution is -2.60. The number of benzene rings is 4. The standard InChI is InChI=1S/C60H76N10O10/c1-31(61-9)51(73)67-49(59(3,4)5)57(79)69-29-33(27-43(69)53(75)65-45-39-23-15-11-19-35(39)36-20-12-16-24-40(36)45)63-55(77)47(71)48(72)56(78)64-34-28-44(70(30-34)58(80)50(60(6,7)8)68-52(74)32(2)62-10)54(76)66-46-41-25-17-13-21-37(41)38-22-14-18-26-42(38)46/h11-26,31-34,43-50,61-62,71-72H,27-30H2,1-10H3,(H,63,77)(H,64,78)(H,65,75)(H,66,76)(H,67,73)(H,68,74)/t31-,32-,33-,34?,43-,44-,47+,48?,49+,50+/m0/s1. The Hall–Kier alpha value is -7.52. The van der Waals surface area contributed by atoms with Crippen molar-refractivity contribution in [2.24, 2.45) is 10.8 Å². The molecule has 0 bridgehead atoms. The van der Waals surface area contributed by atoms with Crippen molar-refractivity contribution in [1.29, 1.82) is 0 Å². The highest BCUT2D eigenvalue weighted by atomic mass is 16.3. The largest absolute Gasteiger partial charge is 0.380 e. The lowest BCUT2D eigenvalue weighted by Gasteiger charge is -2.36. The molecule has 20 heteroatoms. The molecule has 0 spiro atoms. The molecule has 2 heterocycles. The Kier molecular flexibility index (Phi) is 17.3. The van der Waals surface area contributed by atoms with Crippen molar-refractivity contribution in [3.8, 4) is 22.3 Å². The van der Waals surface area contributed by atoms with E-state index in [9.17, 15) is 48.6 Å². The van der Waals surface area contributed by atoms with Gasteiger partial charge in [0.05, 0.1) is 24.2 Å². The minimum absolute atomic E-state index is 0.136. The fourth-order valence-electron chi connectivity index (χ4n) is 11.2. The number of likely N-dealkylation sites (tertiary alicyclic amines) is 2. The number of nitrogens with one attached hydrogen (secondary N) is 8. The first-order valence-electron chi connectivity index (χ1n) is 27.3. The topological polar surface area (TPSA) is 280 Å². The number of hydrogen-bond acceptors (Lipinski definition) is 12. The van der Waals surface area contributed by atoms with Crippen LogP contribution < -0.4 is 42.5 Å². The predicted molar refractivity (Wildman–Crippen MR) is 300 cm³/mol. The summed E-state index contributed by atoms with van der Waals surface area (Å²) in [5.74, 6) is -5.49. The van der Waals surface area contributed by atoms with Crippen LogP contribution in [-0.4, -0.2) is 155 Å². The van der Waals surface area contributed by atoms with Gasteiger partial charge < -0.3 is 62.5 Å². The summed E-state index contributed by atoms with van der Waals surface area (Å²) in [5.41, 5.74) is 5.50. The molecule has 2 fully saturated rings. The van der Waals surface area contributed by atoms with E-state index in [1.54, 1.807) is 69.5 Å². The van der Waals surface area contributed by atoms with Gasteiger partial charge in [-0.3, -0.25) is 38.4 Å². The Morgan fingerprint density at radius 1 is 0.463 bits per heavy atom. The minimum Gasteiger partial charge on any atom is -0.380 e. The van der Waals surface area contributed by atoms with Gasteiger partial charge in [0.1, 0.15) is 24.2 Å². The number of carbonyl (C=O) groups excluding carboxylic acids is 8. The molecule has 2 aliphatic carbocycles. The molecule has 0 aromatic heterocycles. The van der Waals surface area contributed by atoms with Gasteiger partial charge in [-0.05, 0) is 96.1 Å². The van der Waals surface area contributed by atoms with Crippen LogP contribution in [0.5, 0.6) is 0 Å². The zero-order valence-electron chi connectivity index (χ0n) is 47.0. The molecule has 426 valence electrons. The molecule has 4 aromatic carbocycles. The zero-order chi connectivity index (χ0) is 58.1. The van der Waals surface area contributed by atoms with Gasteiger partial charge in [0.2, 0.25) is 35.4 Å². The third-order valence-electron chi connectivity index (χ3n) is 16.0. The number of carbonyl (C=O) groups is 8. The molecule has 4 aromatic rings. The fourth-order valence-corrected chi connectivity index (χ4v) is 11.2. The van der Waals surface area contributed by atoms with Gasteiger partial charge in [0, 0.05) is 25.2 Å². The molecule has 2 aliphatic heterocycles. The van der Waals surface area contributed by atoms with E-state index in [-0.39, 0.29) is 25.9 Å². The fraction of sp³-hybridized carbons (Fsp3) is 0.467. The van der Waals surface area contributed by atoms with Crippen molar-refractivity contribution < 1.29 is 48.6 Å². The van der Waals surface area contributed by atoms with Gasteiger partial charge in [0.25, 0.3) is 11.8 Å². The lowest BCUT2D eigenvalue weighted by atomic mass is 9.85. The molecule has 20 nitrogen and oxygen atoms in total. The lowest BCUT2D eigenvalue weighted by molar-refractivity contribution is -0.147. The van der Waals surface area contributed by atoms with Crippen LogP contribution in [0.15, 0.2) is 97.1 Å². The summed E-state index contributed by atoms with van der Waals surface area (Å²) in [7, 11) is 3.22. The Bertz CT molecular complexity index is 2750. The number of fused-ring (bicyclic) bond motifs is 6. The van der Waals surface area contributed by atoms with E-state index in [2.05, 4.69) is 42.5 Å². The number of rotatable bonds is 17. The van der Waals surface area contributed by atoms with Crippen LogP contribution in [0.1, 0.15) is 103 Å². The average molecular weight is 1100 g/mol. The van der Waals surface area contributed by atoms with Gasteiger partial charge in [-0.25, -0.2) is 0 Å². The molecule has 8 amide bonds. The van der Waals surface area contributed by atoms with E-state index in [0.717, 1.165) is 44.5 Å². The maximum Gasteiger partial charge on any atom is 0.252 e. The summed E-state index contributed by atoms with van der Waals surface area (Å²) in [6.07, 6.45) is -5.00. The van der Waals surface area contributed by atoms with Gasteiger partial charge >= 0.3 is 0 Å². The van der Waals surface area contributed by atoms with E-state index >= 15 is 0 Å². The third kappa shape index (κ3) is 12.0. The molecular formula is C60H76N10O10. The molecule has 80 heavy (non-hydrogen) atoms. The van der Waals surface area contributed by atoms with Crippen LogP contribution in [0, 0.1) is 10.8 Å². The highest BCUT2D eigenvalue weighted by molar-refractivity contribution is 5.97. The average Bonchev–Trinajstić information content (AvgIpc) is 4.21. The highest BCUT2D eigenvalue weighted by Crippen LogP contribution is 2.45. The zero-order valence-corrected chi connectivity index (χ0v) is 47.0. The number of hydrogen-bond donors (Lipinski definition) is 10. The van der Waals surface area contributed by atoms with E-state index < -0.39 is 131 Å². The molecule has 0 radical (unpaired) electrons. The number of aliphatic hydroxyl groups excluding tert-OH is 2. The van der Waals surface area contributed by atoms with Crippen molar-refractivity contribution in [2.75, 3.05) is 27.2 Å². The maximum absolute atomic E-state index is 14.8. The molecule has 0 saturated carbocycles. The van der Waals surface area contributed by atoms with E-state index in [0.29, 0.717) is 0 Å². The van der Waals surface area contributed by atoms with E-state index in [1.807, 2.05) is 97.1 Å². The number of nitrogens with zero attached hydrogens (tertiary/aromatic N) is 2. The first kappa shape index (κ1) is 58.6. The number of aliphatic hydroxyl groups is 2. The summed E-state index contributed by atoms with van der Waals surface area (Å²) < 4.78 is 0. The SMILES string of the molecule is CN[C@@H](C)C(=O)N[C@H](C(=O)N1CC(NC(=O)C(O)[C@@H](O)C(=O)N[C@H]2C[C@@H](C(=O)NC3c4ccccc4-c4ccccc43)N(C(=O)[C@@H](NC(=O)[C@H](C)NC)C(C)(C)C)C2)C[C@H]1C(=O)NC1c2ccccc2-c2ccccc21)C(C)(C)C. The second kappa shape index (κ2) is 23.7. The number of amides is 8. The van der Waals surface area contributed by atoms with Gasteiger partial charge in [-0.2, -0.15) is 0 Å². The Morgan fingerprint density at radius 2 is 0.750 bits per heavy atom. The second-order valence-electron chi connectivity index (χ2n) is 23.7. The smallest absolute Gasteiger partial charge is 0.252 e. The van der Waals surface area contributed by atoms with Gasteiger partial charge in [0.15, 0.2) is 12.2 Å². The summed E-state index contributed by atoms with van der Waals surface area (Å²) in [6, 6.07) is 21.6. The Balaban J connectivity index is 0.999. The van der Waals surface area contributed by atoms with Crippen LogP contribution >= 0.6 is 0 Å². The summed E-state index contributed by atoms with van der Waals surface area (Å²) in [5, 5.41) is 45.8. The van der Waals surface area contributed by atoms with Gasteiger partial charge in [-0.15, -0.1) is 0 Å². The first-order chi connectivity index (χ1) is 37.8. The first-order valence-corrected chi connectivity index (χ1v) is 27.3. The second-order valence-corrected chi connectivity index (χ2v) is 23.7. The molecule has 2 saturated heterocycles. The summed E-state index contributed by atoms with van der Waals surface area (Å²) in [4.78, 5) is 116.